The minimum absolute atomic E-state index is 0.0109. The summed E-state index contributed by atoms with van der Waals surface area (Å²) in [6.07, 6.45) is 1.53. The fourth-order valence-corrected chi connectivity index (χ4v) is 4.15. The lowest BCUT2D eigenvalue weighted by molar-refractivity contribution is -0.0457. The Morgan fingerprint density at radius 2 is 2.24 bits per heavy atom. The molecular formula is C18H20ClNO5. The Morgan fingerprint density at radius 3 is 3.00 bits per heavy atom. The molecular weight excluding hydrogens is 346 g/mol. The van der Waals surface area contributed by atoms with Crippen LogP contribution in [0.5, 0.6) is 5.75 Å². The third-order valence-corrected chi connectivity index (χ3v) is 5.35. The van der Waals surface area contributed by atoms with Crippen LogP contribution in [-0.4, -0.2) is 54.9 Å². The molecule has 1 N–H and O–H groups in total. The van der Waals surface area contributed by atoms with Gasteiger partial charge in [0, 0.05) is 29.6 Å². The third kappa shape index (κ3) is 2.88. The molecule has 134 valence electrons. The first kappa shape index (κ1) is 16.7. The van der Waals surface area contributed by atoms with Gasteiger partial charge in [0.25, 0.3) is 5.91 Å². The molecule has 25 heavy (non-hydrogen) atoms. The van der Waals surface area contributed by atoms with Crippen LogP contribution >= 0.6 is 11.6 Å². The Kier molecular flexibility index (Phi) is 4.35. The summed E-state index contributed by atoms with van der Waals surface area (Å²) in [5.74, 6) is 0.788. The molecule has 1 aliphatic heterocycles. The number of carbonyl (C=O) groups excluding carboxylic acids is 1. The van der Waals surface area contributed by atoms with Crippen LogP contribution in [0.25, 0.3) is 11.0 Å². The van der Waals surface area contributed by atoms with E-state index in [2.05, 4.69) is 0 Å². The van der Waals surface area contributed by atoms with Gasteiger partial charge in [0.1, 0.15) is 0 Å². The summed E-state index contributed by atoms with van der Waals surface area (Å²) in [7, 11) is 1.54. The normalized spacial score (nSPS) is 26.0. The zero-order valence-corrected chi connectivity index (χ0v) is 14.7. The van der Waals surface area contributed by atoms with Gasteiger partial charge in [-0.3, -0.25) is 4.79 Å². The SMILES string of the molecule is COc1cc(Cl)cc2cc(C(=O)N3CCO[C@H]4C[C@H](CO)C[C@@H]43)oc12. The third-order valence-electron chi connectivity index (χ3n) is 5.13. The number of ether oxygens (including phenoxy) is 2. The van der Waals surface area contributed by atoms with E-state index in [1.54, 1.807) is 18.2 Å². The van der Waals surface area contributed by atoms with Crippen molar-refractivity contribution in [1.29, 1.82) is 0 Å². The first-order chi connectivity index (χ1) is 12.1. The van der Waals surface area contributed by atoms with Crippen LogP contribution in [0.1, 0.15) is 23.4 Å². The minimum Gasteiger partial charge on any atom is -0.493 e. The standard InChI is InChI=1S/C18H20ClNO5/c1-23-15-8-12(19)6-11-7-16(25-17(11)15)18(22)20-2-3-24-14-5-10(9-21)4-13(14)20/h6-8,10,13-14,21H,2-5,9H2,1H3/t10-,13+,14+/m1/s1. The second-order valence-electron chi connectivity index (χ2n) is 6.63. The predicted octanol–water partition coefficient (Wildman–Crippen LogP) is 2.71. The van der Waals surface area contributed by atoms with Crippen LogP contribution in [0.3, 0.4) is 0 Å². The maximum Gasteiger partial charge on any atom is 0.290 e. The van der Waals surface area contributed by atoms with Gasteiger partial charge in [-0.05, 0) is 30.9 Å². The molecule has 1 aliphatic carbocycles. The molecule has 0 unspecified atom stereocenters. The van der Waals surface area contributed by atoms with Crippen molar-refractivity contribution in [3.05, 3.63) is 29.0 Å². The van der Waals surface area contributed by atoms with E-state index in [9.17, 15) is 9.90 Å². The van der Waals surface area contributed by atoms with E-state index in [-0.39, 0.29) is 36.3 Å². The van der Waals surface area contributed by atoms with Crippen molar-refractivity contribution < 1.29 is 23.8 Å². The molecule has 1 aromatic carbocycles. The number of carbonyl (C=O) groups is 1. The average Bonchev–Trinajstić information content (AvgIpc) is 3.23. The fourth-order valence-electron chi connectivity index (χ4n) is 3.94. The van der Waals surface area contributed by atoms with Crippen molar-refractivity contribution in [1.82, 2.24) is 4.90 Å². The highest BCUT2D eigenvalue weighted by atomic mass is 35.5. The average molecular weight is 366 g/mol. The van der Waals surface area contributed by atoms with Gasteiger partial charge in [0.2, 0.25) is 0 Å². The van der Waals surface area contributed by atoms with E-state index in [1.165, 1.54) is 7.11 Å². The number of fused-ring (bicyclic) bond motifs is 2. The number of rotatable bonds is 3. The molecule has 4 rings (SSSR count). The molecule has 2 fully saturated rings. The molecule has 2 heterocycles. The van der Waals surface area contributed by atoms with E-state index in [0.29, 0.717) is 29.5 Å². The van der Waals surface area contributed by atoms with Crippen LogP contribution in [0.15, 0.2) is 22.6 Å². The molecule has 1 saturated heterocycles. The fraction of sp³-hybridized carbons (Fsp3) is 0.500. The van der Waals surface area contributed by atoms with Crippen molar-refractivity contribution in [2.24, 2.45) is 5.92 Å². The van der Waals surface area contributed by atoms with Crippen LogP contribution in [0, 0.1) is 5.92 Å². The van der Waals surface area contributed by atoms with Crippen molar-refractivity contribution in [2.45, 2.75) is 25.0 Å². The van der Waals surface area contributed by atoms with E-state index in [0.717, 1.165) is 18.2 Å². The quantitative estimate of drug-likeness (QED) is 0.905. The lowest BCUT2D eigenvalue weighted by Crippen LogP contribution is -2.51. The van der Waals surface area contributed by atoms with E-state index in [4.69, 9.17) is 25.5 Å². The molecule has 0 bridgehead atoms. The molecule has 1 amide bonds. The number of aliphatic hydroxyl groups excluding tert-OH is 1. The first-order valence-corrected chi connectivity index (χ1v) is 8.79. The summed E-state index contributed by atoms with van der Waals surface area (Å²) in [4.78, 5) is 14.8. The van der Waals surface area contributed by atoms with Crippen LogP contribution in [-0.2, 0) is 4.74 Å². The molecule has 3 atom stereocenters. The second-order valence-corrected chi connectivity index (χ2v) is 7.07. The van der Waals surface area contributed by atoms with Gasteiger partial charge in [-0.1, -0.05) is 11.6 Å². The number of morpholine rings is 1. The van der Waals surface area contributed by atoms with Crippen molar-refractivity contribution in [3.63, 3.8) is 0 Å². The number of amides is 1. The molecule has 1 aromatic heterocycles. The van der Waals surface area contributed by atoms with Gasteiger partial charge in [-0.25, -0.2) is 0 Å². The molecule has 1 saturated carbocycles. The monoisotopic (exact) mass is 365 g/mol. The van der Waals surface area contributed by atoms with E-state index in [1.807, 2.05) is 4.90 Å². The topological polar surface area (TPSA) is 72.1 Å². The summed E-state index contributed by atoms with van der Waals surface area (Å²) in [6.45, 7) is 1.15. The number of nitrogens with zero attached hydrogens (tertiary/aromatic N) is 1. The number of furan rings is 1. The highest BCUT2D eigenvalue weighted by Crippen LogP contribution is 2.36. The minimum atomic E-state index is -0.161. The van der Waals surface area contributed by atoms with Gasteiger partial charge >= 0.3 is 0 Å². The number of benzene rings is 1. The molecule has 2 aromatic rings. The number of hydrogen-bond acceptors (Lipinski definition) is 5. The van der Waals surface area contributed by atoms with Crippen LogP contribution in [0.4, 0.5) is 0 Å². The lowest BCUT2D eigenvalue weighted by atomic mass is 10.1. The molecule has 6 nitrogen and oxygen atoms in total. The molecule has 2 aliphatic rings. The highest BCUT2D eigenvalue weighted by molar-refractivity contribution is 6.31. The summed E-state index contributed by atoms with van der Waals surface area (Å²) in [5.41, 5.74) is 0.514. The summed E-state index contributed by atoms with van der Waals surface area (Å²) < 4.78 is 16.9. The number of hydrogen-bond donors (Lipinski definition) is 1. The van der Waals surface area contributed by atoms with Crippen LogP contribution in [0.2, 0.25) is 5.02 Å². The highest BCUT2D eigenvalue weighted by Gasteiger charge is 2.43. The summed E-state index contributed by atoms with van der Waals surface area (Å²) >= 11 is 6.09. The molecule has 0 radical (unpaired) electrons. The van der Waals surface area contributed by atoms with E-state index < -0.39 is 0 Å². The van der Waals surface area contributed by atoms with Gasteiger partial charge in [0.05, 0.1) is 25.9 Å². The van der Waals surface area contributed by atoms with Crippen LogP contribution < -0.4 is 4.74 Å². The largest absolute Gasteiger partial charge is 0.493 e. The zero-order valence-electron chi connectivity index (χ0n) is 13.9. The second kappa shape index (κ2) is 6.52. The van der Waals surface area contributed by atoms with E-state index >= 15 is 0 Å². The van der Waals surface area contributed by atoms with Crippen molar-refractivity contribution in [2.75, 3.05) is 26.9 Å². The Labute approximate surface area is 150 Å². The number of methoxy groups -OCH3 is 1. The predicted molar refractivity (Wildman–Crippen MR) is 92.2 cm³/mol. The first-order valence-electron chi connectivity index (χ1n) is 8.41. The summed E-state index contributed by atoms with van der Waals surface area (Å²) in [6, 6.07) is 5.10. The van der Waals surface area contributed by atoms with Gasteiger partial charge < -0.3 is 23.9 Å². The maximum atomic E-state index is 13.0. The van der Waals surface area contributed by atoms with Gasteiger partial charge in [0.15, 0.2) is 17.1 Å². The Morgan fingerprint density at radius 1 is 1.40 bits per heavy atom. The summed E-state index contributed by atoms with van der Waals surface area (Å²) in [5, 5.41) is 10.7. The van der Waals surface area contributed by atoms with Crippen molar-refractivity contribution in [3.8, 4) is 5.75 Å². The number of halogens is 1. The Hall–Kier alpha value is -1.76. The lowest BCUT2D eigenvalue weighted by Gasteiger charge is -2.37. The molecule has 7 heteroatoms. The number of aliphatic hydroxyl groups is 1. The Bertz CT molecular complexity index is 804. The van der Waals surface area contributed by atoms with Crippen molar-refractivity contribution >= 4 is 28.5 Å². The molecule has 0 spiro atoms. The zero-order chi connectivity index (χ0) is 17.6. The Balaban J connectivity index is 1.65. The maximum absolute atomic E-state index is 13.0. The smallest absolute Gasteiger partial charge is 0.290 e. The van der Waals surface area contributed by atoms with Gasteiger partial charge in [-0.2, -0.15) is 0 Å². The van der Waals surface area contributed by atoms with Gasteiger partial charge in [-0.15, -0.1) is 0 Å².